The summed E-state index contributed by atoms with van der Waals surface area (Å²) >= 11 is 7.89. The van der Waals surface area contributed by atoms with Crippen molar-refractivity contribution in [1.29, 1.82) is 0 Å². The molecule has 3 nitrogen and oxygen atoms in total. The van der Waals surface area contributed by atoms with Gasteiger partial charge in [-0.1, -0.05) is 23.7 Å². The zero-order valence-corrected chi connectivity index (χ0v) is 17.7. The highest BCUT2D eigenvalue weighted by atomic mass is 35.5. The van der Waals surface area contributed by atoms with Crippen LogP contribution in [0.2, 0.25) is 5.02 Å². The number of halogens is 2. The fourth-order valence-electron chi connectivity index (χ4n) is 3.25. The average Bonchev–Trinajstić information content (AvgIpc) is 3.29. The second-order valence-corrected chi connectivity index (χ2v) is 7.94. The van der Waals surface area contributed by atoms with E-state index in [1.54, 1.807) is 42.1 Å². The van der Waals surface area contributed by atoms with Gasteiger partial charge in [0.05, 0.1) is 5.02 Å². The fourth-order valence-corrected chi connectivity index (χ4v) is 3.91. The van der Waals surface area contributed by atoms with Crippen LogP contribution in [0.5, 0.6) is 0 Å². The Morgan fingerprint density at radius 2 is 1.87 bits per heavy atom. The van der Waals surface area contributed by atoms with Crippen LogP contribution in [-0.4, -0.2) is 17.1 Å². The Hall–Kier alpha value is -3.02. The highest BCUT2D eigenvalue weighted by Gasteiger charge is 2.15. The standard InChI is InChI=1S/C24H18ClFN2OS/c1-30-18-8-9-19(20(14-18)15-4-2-5-16(26)12-15)24(29)28-17-7-10-22(25)21(13-17)23-6-3-11-27-23/h2-14,27H,1H3,(H,28,29). The molecule has 1 heterocycles. The van der Waals surface area contributed by atoms with Crippen LogP contribution in [-0.2, 0) is 0 Å². The molecule has 1 amide bonds. The Labute approximate surface area is 183 Å². The molecule has 0 aliphatic carbocycles. The van der Waals surface area contributed by atoms with Gasteiger partial charge in [0.15, 0.2) is 0 Å². The van der Waals surface area contributed by atoms with Gasteiger partial charge in [-0.3, -0.25) is 4.79 Å². The number of thioether (sulfide) groups is 1. The smallest absolute Gasteiger partial charge is 0.256 e. The molecular weight excluding hydrogens is 419 g/mol. The van der Waals surface area contributed by atoms with Crippen molar-refractivity contribution in [2.45, 2.75) is 4.90 Å². The van der Waals surface area contributed by atoms with Gasteiger partial charge in [0.25, 0.3) is 5.91 Å². The van der Waals surface area contributed by atoms with Crippen LogP contribution in [0.25, 0.3) is 22.4 Å². The highest BCUT2D eigenvalue weighted by molar-refractivity contribution is 7.98. The van der Waals surface area contributed by atoms with Crippen molar-refractivity contribution in [2.75, 3.05) is 11.6 Å². The van der Waals surface area contributed by atoms with Crippen molar-refractivity contribution in [2.24, 2.45) is 0 Å². The van der Waals surface area contributed by atoms with Gasteiger partial charge in [0.2, 0.25) is 0 Å². The van der Waals surface area contributed by atoms with Gasteiger partial charge in [-0.2, -0.15) is 0 Å². The molecule has 0 saturated carbocycles. The van der Waals surface area contributed by atoms with Gasteiger partial charge in [0, 0.05) is 33.6 Å². The maximum Gasteiger partial charge on any atom is 0.256 e. The van der Waals surface area contributed by atoms with Crippen molar-refractivity contribution >= 4 is 35.0 Å². The normalized spacial score (nSPS) is 10.8. The van der Waals surface area contributed by atoms with Gasteiger partial charge in [-0.05, 0) is 78.0 Å². The third kappa shape index (κ3) is 4.27. The molecule has 4 aromatic rings. The average molecular weight is 437 g/mol. The van der Waals surface area contributed by atoms with Crippen molar-refractivity contribution in [3.8, 4) is 22.4 Å². The summed E-state index contributed by atoms with van der Waals surface area (Å²) in [5, 5.41) is 3.52. The van der Waals surface area contributed by atoms with Crippen LogP contribution in [0.15, 0.2) is 83.9 Å². The number of anilines is 1. The number of amides is 1. The molecule has 0 saturated heterocycles. The summed E-state index contributed by atoms with van der Waals surface area (Å²) < 4.78 is 13.8. The first-order valence-electron chi connectivity index (χ1n) is 9.24. The number of aromatic amines is 1. The third-order valence-corrected chi connectivity index (χ3v) is 5.77. The number of H-pyrrole nitrogens is 1. The van der Waals surface area contributed by atoms with Crippen molar-refractivity contribution in [3.63, 3.8) is 0 Å². The highest BCUT2D eigenvalue weighted by Crippen LogP contribution is 2.32. The molecule has 0 bridgehead atoms. The number of aromatic nitrogens is 1. The van der Waals surface area contributed by atoms with E-state index in [4.69, 9.17) is 11.6 Å². The maximum atomic E-state index is 13.8. The maximum absolute atomic E-state index is 13.8. The molecule has 0 atom stereocenters. The molecule has 0 fully saturated rings. The fraction of sp³-hybridized carbons (Fsp3) is 0.0417. The minimum Gasteiger partial charge on any atom is -0.361 e. The number of carbonyl (C=O) groups is 1. The summed E-state index contributed by atoms with van der Waals surface area (Å²) in [4.78, 5) is 17.2. The van der Waals surface area contributed by atoms with Gasteiger partial charge >= 0.3 is 0 Å². The summed E-state index contributed by atoms with van der Waals surface area (Å²) in [7, 11) is 0. The largest absolute Gasteiger partial charge is 0.361 e. The van der Waals surface area contributed by atoms with E-state index in [0.717, 1.165) is 16.2 Å². The molecule has 0 aliphatic heterocycles. The Balaban J connectivity index is 1.70. The molecule has 1 aromatic heterocycles. The molecule has 3 aromatic carbocycles. The predicted molar refractivity (Wildman–Crippen MR) is 123 cm³/mol. The van der Waals surface area contributed by atoms with Gasteiger partial charge in [-0.25, -0.2) is 4.39 Å². The number of nitrogens with one attached hydrogen (secondary N) is 2. The summed E-state index contributed by atoms with van der Waals surface area (Å²) in [6, 6.07) is 20.9. The van der Waals surface area contributed by atoms with Crippen LogP contribution < -0.4 is 5.32 Å². The first-order chi connectivity index (χ1) is 14.5. The van der Waals surface area contributed by atoms with Crippen LogP contribution in [0.1, 0.15) is 10.4 Å². The molecule has 0 spiro atoms. The summed E-state index contributed by atoms with van der Waals surface area (Å²) in [5.74, 6) is -0.622. The molecule has 150 valence electrons. The first-order valence-corrected chi connectivity index (χ1v) is 10.8. The van der Waals surface area contributed by atoms with Crippen LogP contribution in [0, 0.1) is 5.82 Å². The van der Waals surface area contributed by atoms with Crippen molar-refractivity contribution < 1.29 is 9.18 Å². The Bertz CT molecular complexity index is 1210. The summed E-state index contributed by atoms with van der Waals surface area (Å²) in [6.45, 7) is 0. The zero-order valence-electron chi connectivity index (χ0n) is 16.1. The molecule has 0 unspecified atom stereocenters. The third-order valence-electron chi connectivity index (χ3n) is 4.72. The van der Waals surface area contributed by atoms with Gasteiger partial charge in [0.1, 0.15) is 5.82 Å². The Kier molecular flexibility index (Phi) is 5.93. The summed E-state index contributed by atoms with van der Waals surface area (Å²) in [6.07, 6.45) is 3.77. The second-order valence-electron chi connectivity index (χ2n) is 6.65. The SMILES string of the molecule is CSc1ccc(C(=O)Nc2ccc(Cl)c(-c3ccc[nH]3)c2)c(-c2cccc(F)c2)c1. The number of rotatable bonds is 5. The lowest BCUT2D eigenvalue weighted by atomic mass is 9.99. The lowest BCUT2D eigenvalue weighted by Crippen LogP contribution is -2.13. The lowest BCUT2D eigenvalue weighted by molar-refractivity contribution is 0.102. The van der Waals surface area contributed by atoms with Crippen LogP contribution >= 0.6 is 23.4 Å². The molecule has 2 N–H and O–H groups in total. The van der Waals surface area contributed by atoms with Crippen molar-refractivity contribution in [1.82, 2.24) is 4.98 Å². The predicted octanol–water partition coefficient (Wildman–Crippen LogP) is 7.12. The minimum atomic E-state index is -0.346. The lowest BCUT2D eigenvalue weighted by Gasteiger charge is -2.13. The van der Waals surface area contributed by atoms with E-state index in [1.165, 1.54) is 12.1 Å². The van der Waals surface area contributed by atoms with E-state index in [2.05, 4.69) is 10.3 Å². The van der Waals surface area contributed by atoms with Gasteiger partial charge < -0.3 is 10.3 Å². The first kappa shape index (κ1) is 20.3. The van der Waals surface area contributed by atoms with E-state index < -0.39 is 0 Å². The molecule has 4 rings (SSSR count). The van der Waals surface area contributed by atoms with E-state index in [0.29, 0.717) is 27.4 Å². The van der Waals surface area contributed by atoms with Crippen LogP contribution in [0.3, 0.4) is 0 Å². The zero-order chi connectivity index (χ0) is 21.1. The van der Waals surface area contributed by atoms with E-state index in [-0.39, 0.29) is 11.7 Å². The topological polar surface area (TPSA) is 44.9 Å². The molecule has 6 heteroatoms. The Morgan fingerprint density at radius 3 is 2.60 bits per heavy atom. The van der Waals surface area contributed by atoms with E-state index in [9.17, 15) is 9.18 Å². The second kappa shape index (κ2) is 8.78. The van der Waals surface area contributed by atoms with Crippen LogP contribution in [0.4, 0.5) is 10.1 Å². The molecule has 30 heavy (non-hydrogen) atoms. The summed E-state index contributed by atoms with van der Waals surface area (Å²) in [5.41, 5.74) is 4.07. The van der Waals surface area contributed by atoms with E-state index >= 15 is 0 Å². The minimum absolute atomic E-state index is 0.276. The van der Waals surface area contributed by atoms with Crippen molar-refractivity contribution in [3.05, 3.63) is 95.4 Å². The molecule has 0 radical (unpaired) electrons. The molecule has 0 aliphatic rings. The number of hydrogen-bond donors (Lipinski definition) is 2. The quantitative estimate of drug-likeness (QED) is 0.327. The Morgan fingerprint density at radius 1 is 1.00 bits per heavy atom. The number of carbonyl (C=O) groups excluding carboxylic acids is 1. The monoisotopic (exact) mass is 436 g/mol. The van der Waals surface area contributed by atoms with Gasteiger partial charge in [-0.15, -0.1) is 11.8 Å². The molecular formula is C24H18ClFN2OS. The number of benzene rings is 3. The van der Waals surface area contributed by atoms with E-state index in [1.807, 2.05) is 42.8 Å². The number of hydrogen-bond acceptors (Lipinski definition) is 2.